The molecule has 4 heteroatoms. The standard InChI is InChI=1S/C16H15BrO3/c1-11(18)14-8-7-13(9-15(14)17)20-10-12-5-3-4-6-16(12)19-2/h3-9H,10H2,1-2H3. The Labute approximate surface area is 126 Å². The van der Waals surface area contributed by atoms with Gasteiger partial charge in [0, 0.05) is 15.6 Å². The lowest BCUT2D eigenvalue weighted by Gasteiger charge is -2.11. The number of methoxy groups -OCH3 is 1. The van der Waals surface area contributed by atoms with Crippen LogP contribution in [0, 0.1) is 0 Å². The molecule has 0 radical (unpaired) electrons. The minimum atomic E-state index is 0.0214. The van der Waals surface area contributed by atoms with Crippen molar-refractivity contribution < 1.29 is 14.3 Å². The zero-order valence-electron chi connectivity index (χ0n) is 11.4. The molecule has 2 aromatic carbocycles. The number of ketones is 1. The van der Waals surface area contributed by atoms with E-state index in [4.69, 9.17) is 9.47 Å². The topological polar surface area (TPSA) is 35.5 Å². The maximum atomic E-state index is 11.4. The summed E-state index contributed by atoms with van der Waals surface area (Å²) in [6, 6.07) is 13.1. The minimum Gasteiger partial charge on any atom is -0.496 e. The van der Waals surface area contributed by atoms with Gasteiger partial charge in [0.1, 0.15) is 18.1 Å². The molecular weight excluding hydrogens is 320 g/mol. The first-order valence-corrected chi connectivity index (χ1v) is 6.96. The number of carbonyl (C=O) groups is 1. The Hall–Kier alpha value is -1.81. The molecule has 0 aliphatic carbocycles. The summed E-state index contributed by atoms with van der Waals surface area (Å²) >= 11 is 3.38. The number of hydrogen-bond donors (Lipinski definition) is 0. The predicted octanol–water partition coefficient (Wildman–Crippen LogP) is 4.24. The summed E-state index contributed by atoms with van der Waals surface area (Å²) in [5.74, 6) is 1.52. The molecule has 0 amide bonds. The minimum absolute atomic E-state index is 0.0214. The second-order valence-electron chi connectivity index (χ2n) is 4.30. The number of benzene rings is 2. The van der Waals surface area contributed by atoms with Crippen LogP contribution in [0.5, 0.6) is 11.5 Å². The fourth-order valence-electron chi connectivity index (χ4n) is 1.85. The van der Waals surface area contributed by atoms with Crippen LogP contribution in [-0.2, 0) is 6.61 Å². The van der Waals surface area contributed by atoms with Crippen molar-refractivity contribution in [1.29, 1.82) is 0 Å². The molecule has 104 valence electrons. The van der Waals surface area contributed by atoms with E-state index in [0.29, 0.717) is 17.9 Å². The molecule has 0 fully saturated rings. The molecule has 0 atom stereocenters. The zero-order chi connectivity index (χ0) is 14.5. The first-order chi connectivity index (χ1) is 9.61. The van der Waals surface area contributed by atoms with Crippen molar-refractivity contribution in [1.82, 2.24) is 0 Å². The molecule has 0 aliphatic heterocycles. The summed E-state index contributed by atoms with van der Waals surface area (Å²) in [5.41, 5.74) is 1.62. The van der Waals surface area contributed by atoms with Gasteiger partial charge >= 0.3 is 0 Å². The van der Waals surface area contributed by atoms with Crippen LogP contribution in [0.4, 0.5) is 0 Å². The highest BCUT2D eigenvalue weighted by Gasteiger charge is 2.07. The van der Waals surface area contributed by atoms with Crippen LogP contribution in [0.25, 0.3) is 0 Å². The van der Waals surface area contributed by atoms with Gasteiger partial charge < -0.3 is 9.47 Å². The summed E-state index contributed by atoms with van der Waals surface area (Å²) < 4.78 is 11.7. The van der Waals surface area contributed by atoms with Crippen LogP contribution in [0.3, 0.4) is 0 Å². The molecule has 2 aromatic rings. The molecule has 3 nitrogen and oxygen atoms in total. The Morgan fingerprint density at radius 3 is 2.60 bits per heavy atom. The van der Waals surface area contributed by atoms with E-state index in [1.807, 2.05) is 24.3 Å². The smallest absolute Gasteiger partial charge is 0.160 e. The van der Waals surface area contributed by atoms with E-state index >= 15 is 0 Å². The summed E-state index contributed by atoms with van der Waals surface area (Å²) in [4.78, 5) is 11.4. The summed E-state index contributed by atoms with van der Waals surface area (Å²) in [5, 5.41) is 0. The van der Waals surface area contributed by atoms with E-state index in [0.717, 1.165) is 15.8 Å². The predicted molar refractivity (Wildman–Crippen MR) is 81.5 cm³/mol. The van der Waals surface area contributed by atoms with Crippen LogP contribution >= 0.6 is 15.9 Å². The van der Waals surface area contributed by atoms with Gasteiger partial charge in [-0.2, -0.15) is 0 Å². The maximum Gasteiger partial charge on any atom is 0.160 e. The van der Waals surface area contributed by atoms with E-state index in [1.165, 1.54) is 6.92 Å². The van der Waals surface area contributed by atoms with Gasteiger partial charge in [0.25, 0.3) is 0 Å². The van der Waals surface area contributed by atoms with Gasteiger partial charge in [-0.1, -0.05) is 18.2 Å². The quantitative estimate of drug-likeness (QED) is 0.767. The van der Waals surface area contributed by atoms with E-state index in [2.05, 4.69) is 15.9 Å². The third-order valence-corrected chi connectivity index (χ3v) is 3.56. The van der Waals surface area contributed by atoms with E-state index in [-0.39, 0.29) is 5.78 Å². The van der Waals surface area contributed by atoms with Crippen molar-refractivity contribution in [2.24, 2.45) is 0 Å². The first kappa shape index (κ1) is 14.6. The van der Waals surface area contributed by atoms with Gasteiger partial charge in [0.05, 0.1) is 7.11 Å². The van der Waals surface area contributed by atoms with Crippen molar-refractivity contribution in [3.8, 4) is 11.5 Å². The number of ether oxygens (including phenoxy) is 2. The van der Waals surface area contributed by atoms with Crippen molar-refractivity contribution in [3.63, 3.8) is 0 Å². The van der Waals surface area contributed by atoms with Crippen molar-refractivity contribution in [2.45, 2.75) is 13.5 Å². The van der Waals surface area contributed by atoms with Crippen LogP contribution < -0.4 is 9.47 Å². The highest BCUT2D eigenvalue weighted by atomic mass is 79.9. The fourth-order valence-corrected chi connectivity index (χ4v) is 2.49. The Morgan fingerprint density at radius 2 is 1.95 bits per heavy atom. The molecule has 0 spiro atoms. The number of para-hydroxylation sites is 1. The van der Waals surface area contributed by atoms with Crippen molar-refractivity contribution in [3.05, 3.63) is 58.1 Å². The van der Waals surface area contributed by atoms with Crippen LogP contribution in [0.1, 0.15) is 22.8 Å². The monoisotopic (exact) mass is 334 g/mol. The van der Waals surface area contributed by atoms with Crippen LogP contribution in [0.15, 0.2) is 46.9 Å². The third kappa shape index (κ3) is 3.39. The molecule has 0 bridgehead atoms. The van der Waals surface area contributed by atoms with Gasteiger partial charge in [0.15, 0.2) is 5.78 Å². The normalized spacial score (nSPS) is 10.2. The Morgan fingerprint density at radius 1 is 1.20 bits per heavy atom. The Kier molecular flexibility index (Phi) is 4.79. The molecule has 0 saturated heterocycles. The zero-order valence-corrected chi connectivity index (χ0v) is 12.9. The van der Waals surface area contributed by atoms with Gasteiger partial charge in [-0.3, -0.25) is 4.79 Å². The van der Waals surface area contributed by atoms with Crippen LogP contribution in [0.2, 0.25) is 0 Å². The molecular formula is C16H15BrO3. The van der Waals surface area contributed by atoms with E-state index in [9.17, 15) is 4.79 Å². The van der Waals surface area contributed by atoms with Gasteiger partial charge in [0.2, 0.25) is 0 Å². The number of rotatable bonds is 5. The fraction of sp³-hybridized carbons (Fsp3) is 0.188. The molecule has 2 rings (SSSR count). The lowest BCUT2D eigenvalue weighted by molar-refractivity contribution is 0.101. The number of carbonyl (C=O) groups excluding carboxylic acids is 1. The average molecular weight is 335 g/mol. The lowest BCUT2D eigenvalue weighted by atomic mass is 10.1. The second-order valence-corrected chi connectivity index (χ2v) is 5.15. The molecule has 0 heterocycles. The molecule has 0 unspecified atom stereocenters. The Bertz CT molecular complexity index is 623. The van der Waals surface area contributed by atoms with Gasteiger partial charge in [-0.15, -0.1) is 0 Å². The molecule has 20 heavy (non-hydrogen) atoms. The van der Waals surface area contributed by atoms with Gasteiger partial charge in [-0.25, -0.2) is 0 Å². The Balaban J connectivity index is 2.11. The van der Waals surface area contributed by atoms with Gasteiger partial charge in [-0.05, 0) is 47.1 Å². The first-order valence-electron chi connectivity index (χ1n) is 6.17. The number of halogens is 1. The summed E-state index contributed by atoms with van der Waals surface area (Å²) in [6.45, 7) is 1.95. The second kappa shape index (κ2) is 6.57. The van der Waals surface area contributed by atoms with Crippen LogP contribution in [-0.4, -0.2) is 12.9 Å². The molecule has 0 aromatic heterocycles. The summed E-state index contributed by atoms with van der Waals surface area (Å²) in [7, 11) is 1.64. The van der Waals surface area contributed by atoms with E-state index in [1.54, 1.807) is 25.3 Å². The highest BCUT2D eigenvalue weighted by molar-refractivity contribution is 9.10. The van der Waals surface area contributed by atoms with Crippen molar-refractivity contribution >= 4 is 21.7 Å². The SMILES string of the molecule is COc1ccccc1COc1ccc(C(C)=O)c(Br)c1. The molecule has 0 N–H and O–H groups in total. The molecule has 0 aliphatic rings. The highest BCUT2D eigenvalue weighted by Crippen LogP contribution is 2.25. The maximum absolute atomic E-state index is 11.4. The third-order valence-electron chi connectivity index (χ3n) is 2.91. The lowest BCUT2D eigenvalue weighted by Crippen LogP contribution is -1.99. The number of Topliss-reactive ketones (excluding diaryl/α,β-unsaturated/α-hetero) is 1. The van der Waals surface area contributed by atoms with E-state index < -0.39 is 0 Å². The largest absolute Gasteiger partial charge is 0.496 e. The average Bonchev–Trinajstić information content (AvgIpc) is 2.45. The van der Waals surface area contributed by atoms with Crippen molar-refractivity contribution in [2.75, 3.05) is 7.11 Å². The summed E-state index contributed by atoms with van der Waals surface area (Å²) in [6.07, 6.45) is 0. The molecule has 0 saturated carbocycles. The number of hydrogen-bond acceptors (Lipinski definition) is 3.